The third kappa shape index (κ3) is 5.80. The van der Waals surface area contributed by atoms with Crippen LogP contribution in [0.25, 0.3) is 0 Å². The lowest BCUT2D eigenvalue weighted by Gasteiger charge is -2.10. The Morgan fingerprint density at radius 2 is 1.67 bits per heavy atom. The number of methoxy groups -OCH3 is 1. The van der Waals surface area contributed by atoms with Crippen LogP contribution in [0.2, 0.25) is 0 Å². The molecule has 2 aromatic carbocycles. The van der Waals surface area contributed by atoms with Gasteiger partial charge in [-0.15, -0.1) is 0 Å². The molecular formula is C18H21N3O5S. The number of para-hydroxylation sites is 1. The predicted octanol–water partition coefficient (Wildman–Crippen LogP) is 1.36. The number of carbonyl (C=O) groups is 2. The Labute approximate surface area is 158 Å². The lowest BCUT2D eigenvalue weighted by atomic mass is 10.2. The molecule has 0 spiro atoms. The highest BCUT2D eigenvalue weighted by atomic mass is 32.2. The smallest absolute Gasteiger partial charge is 0.255 e. The molecule has 0 heterocycles. The van der Waals surface area contributed by atoms with Gasteiger partial charge in [0.25, 0.3) is 5.91 Å². The molecule has 0 saturated heterocycles. The Balaban J connectivity index is 1.88. The fourth-order valence-electron chi connectivity index (χ4n) is 2.29. The van der Waals surface area contributed by atoms with Crippen molar-refractivity contribution in [3.8, 4) is 5.75 Å². The first-order valence-corrected chi connectivity index (χ1v) is 9.60. The molecule has 0 radical (unpaired) electrons. The number of benzene rings is 2. The van der Waals surface area contributed by atoms with E-state index in [-0.39, 0.29) is 29.8 Å². The maximum atomic E-state index is 12.2. The normalized spacial score (nSPS) is 10.9. The van der Waals surface area contributed by atoms with Crippen molar-refractivity contribution >= 4 is 27.5 Å². The number of ether oxygens (including phenoxy) is 1. The van der Waals surface area contributed by atoms with E-state index < -0.39 is 10.0 Å². The number of hydrogen-bond acceptors (Lipinski definition) is 5. The molecule has 144 valence electrons. The third-order valence-corrected chi connectivity index (χ3v) is 5.02. The van der Waals surface area contributed by atoms with Crippen LogP contribution in [0.1, 0.15) is 17.3 Å². The summed E-state index contributed by atoms with van der Waals surface area (Å²) in [6, 6.07) is 12.5. The lowest BCUT2D eigenvalue weighted by Crippen LogP contribution is -2.34. The molecule has 2 rings (SSSR count). The van der Waals surface area contributed by atoms with Crippen molar-refractivity contribution in [1.29, 1.82) is 0 Å². The summed E-state index contributed by atoms with van der Waals surface area (Å²) in [5.41, 5.74) is 0.877. The van der Waals surface area contributed by atoms with Gasteiger partial charge in [-0.3, -0.25) is 9.59 Å². The van der Waals surface area contributed by atoms with Crippen molar-refractivity contribution in [3.63, 3.8) is 0 Å². The largest absolute Gasteiger partial charge is 0.496 e. The van der Waals surface area contributed by atoms with E-state index in [1.807, 2.05) is 0 Å². The van der Waals surface area contributed by atoms with Crippen molar-refractivity contribution in [3.05, 3.63) is 54.1 Å². The molecule has 0 aliphatic heterocycles. The summed E-state index contributed by atoms with van der Waals surface area (Å²) >= 11 is 0. The van der Waals surface area contributed by atoms with E-state index in [1.165, 1.54) is 38.3 Å². The van der Waals surface area contributed by atoms with Crippen LogP contribution in [0, 0.1) is 0 Å². The summed E-state index contributed by atoms with van der Waals surface area (Å²) in [5.74, 6) is -0.157. The number of rotatable bonds is 8. The van der Waals surface area contributed by atoms with Gasteiger partial charge in [0.2, 0.25) is 15.9 Å². The minimum atomic E-state index is -3.72. The highest BCUT2D eigenvalue weighted by molar-refractivity contribution is 7.89. The van der Waals surface area contributed by atoms with Crippen molar-refractivity contribution in [2.75, 3.05) is 25.5 Å². The molecule has 0 fully saturated rings. The van der Waals surface area contributed by atoms with Crippen LogP contribution in [-0.2, 0) is 14.8 Å². The van der Waals surface area contributed by atoms with E-state index >= 15 is 0 Å². The van der Waals surface area contributed by atoms with Crippen molar-refractivity contribution in [2.45, 2.75) is 11.8 Å². The van der Waals surface area contributed by atoms with Crippen LogP contribution >= 0.6 is 0 Å². The van der Waals surface area contributed by atoms with Crippen LogP contribution in [0.15, 0.2) is 53.4 Å². The van der Waals surface area contributed by atoms with E-state index in [1.54, 1.807) is 24.3 Å². The molecule has 0 saturated carbocycles. The van der Waals surface area contributed by atoms with Gasteiger partial charge < -0.3 is 15.4 Å². The summed E-state index contributed by atoms with van der Waals surface area (Å²) in [6.45, 7) is 1.50. The minimum absolute atomic E-state index is 0.0245. The first kappa shape index (κ1) is 20.4. The van der Waals surface area contributed by atoms with Gasteiger partial charge in [-0.1, -0.05) is 12.1 Å². The Morgan fingerprint density at radius 1 is 1.00 bits per heavy atom. The van der Waals surface area contributed by atoms with Gasteiger partial charge in [-0.05, 0) is 36.4 Å². The fraction of sp³-hybridized carbons (Fsp3) is 0.222. The monoisotopic (exact) mass is 391 g/mol. The van der Waals surface area contributed by atoms with Gasteiger partial charge in [0, 0.05) is 25.7 Å². The summed E-state index contributed by atoms with van der Waals surface area (Å²) in [5, 5.41) is 5.20. The Bertz CT molecular complexity index is 911. The maximum Gasteiger partial charge on any atom is 0.255 e. The minimum Gasteiger partial charge on any atom is -0.496 e. The van der Waals surface area contributed by atoms with Crippen LogP contribution in [0.3, 0.4) is 0 Å². The van der Waals surface area contributed by atoms with E-state index in [2.05, 4.69) is 15.4 Å². The van der Waals surface area contributed by atoms with Gasteiger partial charge >= 0.3 is 0 Å². The fourth-order valence-corrected chi connectivity index (χ4v) is 3.32. The van der Waals surface area contributed by atoms with Crippen LogP contribution < -0.4 is 20.1 Å². The van der Waals surface area contributed by atoms with E-state index in [0.29, 0.717) is 17.0 Å². The molecule has 2 amide bonds. The zero-order chi connectivity index (χ0) is 19.9. The molecular weight excluding hydrogens is 370 g/mol. The molecule has 27 heavy (non-hydrogen) atoms. The quantitative estimate of drug-likeness (QED) is 0.588. The van der Waals surface area contributed by atoms with E-state index in [0.717, 1.165) is 0 Å². The molecule has 9 heteroatoms. The number of anilines is 1. The molecule has 8 nitrogen and oxygen atoms in total. The SMILES string of the molecule is COc1ccccc1C(=O)NCCNS(=O)(=O)c1ccc(NC(C)=O)cc1. The second-order valence-electron chi connectivity index (χ2n) is 5.56. The van der Waals surface area contributed by atoms with Crippen LogP contribution in [0.5, 0.6) is 5.75 Å². The number of sulfonamides is 1. The number of carbonyl (C=O) groups excluding carboxylic acids is 2. The number of nitrogens with one attached hydrogen (secondary N) is 3. The first-order valence-electron chi connectivity index (χ1n) is 8.12. The molecule has 3 N–H and O–H groups in total. The molecule has 0 aliphatic carbocycles. The Morgan fingerprint density at radius 3 is 2.30 bits per heavy atom. The van der Waals surface area contributed by atoms with Gasteiger partial charge in [0.1, 0.15) is 5.75 Å². The highest BCUT2D eigenvalue weighted by Crippen LogP contribution is 2.17. The average molecular weight is 391 g/mol. The maximum absolute atomic E-state index is 12.2. The summed E-state index contributed by atoms with van der Waals surface area (Å²) < 4.78 is 32.0. The summed E-state index contributed by atoms with van der Waals surface area (Å²) in [7, 11) is -2.25. The van der Waals surface area contributed by atoms with Crippen LogP contribution in [0.4, 0.5) is 5.69 Å². The molecule has 2 aromatic rings. The van der Waals surface area contributed by atoms with Gasteiger partial charge in [-0.25, -0.2) is 13.1 Å². The second kappa shape index (κ2) is 9.15. The Hall–Kier alpha value is -2.91. The predicted molar refractivity (Wildman–Crippen MR) is 101 cm³/mol. The zero-order valence-corrected chi connectivity index (χ0v) is 15.8. The lowest BCUT2D eigenvalue weighted by molar-refractivity contribution is -0.114. The number of amides is 2. The van der Waals surface area contributed by atoms with Gasteiger partial charge in [0.05, 0.1) is 17.6 Å². The van der Waals surface area contributed by atoms with Crippen molar-refractivity contribution < 1.29 is 22.7 Å². The van der Waals surface area contributed by atoms with Crippen molar-refractivity contribution in [2.24, 2.45) is 0 Å². The molecule has 0 aliphatic rings. The third-order valence-electron chi connectivity index (χ3n) is 3.54. The molecule has 0 unspecified atom stereocenters. The molecule has 0 atom stereocenters. The average Bonchev–Trinajstić information content (AvgIpc) is 2.65. The summed E-state index contributed by atoms with van der Waals surface area (Å²) in [4.78, 5) is 23.2. The van der Waals surface area contributed by atoms with E-state index in [9.17, 15) is 18.0 Å². The van der Waals surface area contributed by atoms with Crippen molar-refractivity contribution in [1.82, 2.24) is 10.0 Å². The van der Waals surface area contributed by atoms with Crippen LogP contribution in [-0.4, -0.2) is 40.4 Å². The zero-order valence-electron chi connectivity index (χ0n) is 15.0. The topological polar surface area (TPSA) is 114 Å². The van der Waals surface area contributed by atoms with Gasteiger partial charge in [-0.2, -0.15) is 0 Å². The molecule has 0 bridgehead atoms. The van der Waals surface area contributed by atoms with Gasteiger partial charge in [0.15, 0.2) is 0 Å². The standard InChI is InChI=1S/C18H21N3O5S/c1-13(22)21-14-7-9-15(10-8-14)27(24,25)20-12-11-19-18(23)16-5-3-4-6-17(16)26-2/h3-10,20H,11-12H2,1-2H3,(H,19,23)(H,21,22). The Kier molecular flexibility index (Phi) is 6.91. The first-order chi connectivity index (χ1) is 12.8. The van der Waals surface area contributed by atoms with E-state index in [4.69, 9.17) is 4.74 Å². The molecule has 0 aromatic heterocycles. The number of hydrogen-bond donors (Lipinski definition) is 3. The summed E-state index contributed by atoms with van der Waals surface area (Å²) in [6.07, 6.45) is 0. The highest BCUT2D eigenvalue weighted by Gasteiger charge is 2.14. The second-order valence-corrected chi connectivity index (χ2v) is 7.33.